The molecule has 0 aliphatic heterocycles. The number of nitrogen functional groups attached to an aromatic ring is 1. The van der Waals surface area contributed by atoms with Gasteiger partial charge in [-0.05, 0) is 52.7 Å². The number of hydrogen-bond donors (Lipinski definition) is 1. The second kappa shape index (κ2) is 8.84. The molecule has 0 fully saturated rings. The summed E-state index contributed by atoms with van der Waals surface area (Å²) in [6.07, 6.45) is 0. The molecule has 0 radical (unpaired) electrons. The Morgan fingerprint density at radius 3 is 2.48 bits per heavy atom. The molecule has 0 aliphatic carbocycles. The number of rotatable bonds is 6. The molecule has 1 amide bonds. The van der Waals surface area contributed by atoms with Crippen LogP contribution < -0.4 is 10.5 Å². The molecule has 0 saturated carbocycles. The summed E-state index contributed by atoms with van der Waals surface area (Å²) in [5.41, 5.74) is 7.11. The highest BCUT2D eigenvalue weighted by Crippen LogP contribution is 2.22. The van der Waals surface area contributed by atoms with Gasteiger partial charge in [0.2, 0.25) is 0 Å². The van der Waals surface area contributed by atoms with E-state index in [1.54, 1.807) is 14.2 Å². The summed E-state index contributed by atoms with van der Waals surface area (Å²) in [4.78, 5) is 26.0. The van der Waals surface area contributed by atoms with Crippen molar-refractivity contribution >= 4 is 39.9 Å². The minimum absolute atomic E-state index is 0.176. The molecular weight excluding hydrogens is 392 g/mol. The quantitative estimate of drug-likeness (QED) is 0.490. The van der Waals surface area contributed by atoms with Gasteiger partial charge in [-0.2, -0.15) is 0 Å². The first-order chi connectivity index (χ1) is 13.9. The van der Waals surface area contributed by atoms with E-state index in [0.717, 1.165) is 22.1 Å². The lowest BCUT2D eigenvalue weighted by atomic mass is 10.1. The molecule has 150 valence electrons. The Hall–Kier alpha value is -3.25. The normalized spacial score (nSPS) is 10.6. The Morgan fingerprint density at radius 1 is 1.03 bits per heavy atom. The number of ether oxygens (including phenoxy) is 2. The molecule has 0 spiro atoms. The van der Waals surface area contributed by atoms with E-state index in [-0.39, 0.29) is 23.8 Å². The first kappa shape index (κ1) is 20.5. The van der Waals surface area contributed by atoms with Gasteiger partial charge >= 0.3 is 5.97 Å². The first-order valence-corrected chi connectivity index (χ1v) is 9.28. The number of likely N-dealkylation sites (N-methyl/N-ethyl adjacent to an activating group) is 1. The smallest absolute Gasteiger partial charge is 0.340 e. The second-order valence-electron chi connectivity index (χ2n) is 6.60. The number of carbonyl (C=O) groups excluding carboxylic acids is 2. The van der Waals surface area contributed by atoms with Gasteiger partial charge in [0.1, 0.15) is 5.75 Å². The number of methoxy groups -OCH3 is 1. The largest absolute Gasteiger partial charge is 0.497 e. The fraction of sp³-hybridized carbons (Fsp3) is 0.182. The molecule has 3 rings (SSSR count). The summed E-state index contributed by atoms with van der Waals surface area (Å²) in [6.45, 7) is 0.0175. The topological polar surface area (TPSA) is 81.9 Å². The summed E-state index contributed by atoms with van der Waals surface area (Å²) in [5.74, 6) is -0.193. The number of nitrogens with two attached hydrogens (primary N) is 1. The van der Waals surface area contributed by atoms with Crippen LogP contribution in [0.15, 0.2) is 54.6 Å². The Kier molecular flexibility index (Phi) is 6.24. The molecule has 2 N–H and O–H groups in total. The lowest BCUT2D eigenvalue weighted by Crippen LogP contribution is -2.30. The number of hydrogen-bond acceptors (Lipinski definition) is 5. The van der Waals surface area contributed by atoms with Gasteiger partial charge in [0.05, 0.1) is 12.7 Å². The number of carbonyl (C=O) groups is 2. The van der Waals surface area contributed by atoms with Gasteiger partial charge in [-0.3, -0.25) is 4.79 Å². The monoisotopic (exact) mass is 412 g/mol. The summed E-state index contributed by atoms with van der Waals surface area (Å²) < 4.78 is 10.3. The number of anilines is 1. The number of fused-ring (bicyclic) bond motifs is 1. The zero-order chi connectivity index (χ0) is 21.0. The predicted octanol–water partition coefficient (Wildman–Crippen LogP) is 3.90. The van der Waals surface area contributed by atoms with Gasteiger partial charge in [0.15, 0.2) is 6.61 Å². The molecular formula is C22H21ClN2O4. The molecule has 0 atom stereocenters. The number of nitrogens with zero attached hydrogens (tertiary/aromatic N) is 1. The Labute approximate surface area is 173 Å². The van der Waals surface area contributed by atoms with Gasteiger partial charge in [-0.1, -0.05) is 29.8 Å². The van der Waals surface area contributed by atoms with Crippen molar-refractivity contribution in [1.29, 1.82) is 0 Å². The SMILES string of the molecule is COc1ccc2cc(CN(C)C(=O)COC(=O)c3ccc(Cl)cc3N)ccc2c1. The molecule has 0 heterocycles. The number of esters is 1. The third-order valence-corrected chi connectivity index (χ3v) is 4.75. The molecule has 0 aromatic heterocycles. The molecule has 3 aromatic rings. The predicted molar refractivity (Wildman–Crippen MR) is 113 cm³/mol. The molecule has 7 heteroatoms. The summed E-state index contributed by atoms with van der Waals surface area (Å²) in [5, 5.41) is 2.52. The summed E-state index contributed by atoms with van der Waals surface area (Å²) >= 11 is 5.82. The van der Waals surface area contributed by atoms with E-state index in [9.17, 15) is 9.59 Å². The van der Waals surface area contributed by atoms with E-state index < -0.39 is 5.97 Å². The average molecular weight is 413 g/mol. The van der Waals surface area contributed by atoms with Gasteiger partial charge in [0, 0.05) is 24.3 Å². The third-order valence-electron chi connectivity index (χ3n) is 4.52. The van der Waals surface area contributed by atoms with Crippen LogP contribution in [0.5, 0.6) is 5.75 Å². The highest BCUT2D eigenvalue weighted by atomic mass is 35.5. The van der Waals surface area contributed by atoms with Crippen LogP contribution in [0.4, 0.5) is 5.69 Å². The van der Waals surface area contributed by atoms with Gasteiger partial charge in [0.25, 0.3) is 5.91 Å². The number of halogens is 1. The molecule has 0 bridgehead atoms. The van der Waals surface area contributed by atoms with Crippen molar-refractivity contribution in [2.45, 2.75) is 6.54 Å². The van der Waals surface area contributed by atoms with Crippen LogP contribution in [0.3, 0.4) is 0 Å². The first-order valence-electron chi connectivity index (χ1n) is 8.90. The van der Waals surface area contributed by atoms with Gasteiger partial charge in [-0.15, -0.1) is 0 Å². The minimum Gasteiger partial charge on any atom is -0.497 e. The zero-order valence-electron chi connectivity index (χ0n) is 16.1. The second-order valence-corrected chi connectivity index (χ2v) is 7.04. The molecule has 0 unspecified atom stereocenters. The standard InChI is InChI=1S/C22H21ClN2O4/c1-25(12-14-3-4-16-10-18(28-2)7-5-15(16)9-14)21(26)13-29-22(27)19-8-6-17(23)11-20(19)24/h3-11H,12-13,24H2,1-2H3. The van der Waals surface area contributed by atoms with Crippen LogP contribution in [0, 0.1) is 0 Å². The maximum absolute atomic E-state index is 12.3. The molecule has 0 saturated heterocycles. The van der Waals surface area contributed by atoms with Crippen LogP contribution in [0.25, 0.3) is 10.8 Å². The van der Waals surface area contributed by atoms with E-state index in [1.165, 1.54) is 23.1 Å². The van der Waals surface area contributed by atoms with Crippen LogP contribution in [-0.2, 0) is 16.1 Å². The van der Waals surface area contributed by atoms with E-state index in [0.29, 0.717) is 11.6 Å². The van der Waals surface area contributed by atoms with Crippen LogP contribution >= 0.6 is 11.6 Å². The summed E-state index contributed by atoms with van der Waals surface area (Å²) in [7, 11) is 3.29. The minimum atomic E-state index is -0.666. The number of amides is 1. The van der Waals surface area contributed by atoms with Crippen LogP contribution in [0.2, 0.25) is 5.02 Å². The maximum Gasteiger partial charge on any atom is 0.340 e. The van der Waals surface area contributed by atoms with E-state index in [2.05, 4.69) is 0 Å². The molecule has 29 heavy (non-hydrogen) atoms. The third kappa shape index (κ3) is 4.97. The van der Waals surface area contributed by atoms with Crippen molar-refractivity contribution < 1.29 is 19.1 Å². The van der Waals surface area contributed by atoms with E-state index in [1.807, 2.05) is 36.4 Å². The lowest BCUT2D eigenvalue weighted by Gasteiger charge is -2.18. The number of benzene rings is 3. The lowest BCUT2D eigenvalue weighted by molar-refractivity contribution is -0.133. The van der Waals surface area contributed by atoms with Crippen molar-refractivity contribution in [3.8, 4) is 5.75 Å². The van der Waals surface area contributed by atoms with E-state index in [4.69, 9.17) is 26.8 Å². The van der Waals surface area contributed by atoms with Crippen molar-refractivity contribution in [2.24, 2.45) is 0 Å². The summed E-state index contributed by atoms with van der Waals surface area (Å²) in [6, 6.07) is 16.2. The Morgan fingerprint density at radius 2 is 1.76 bits per heavy atom. The van der Waals surface area contributed by atoms with Gasteiger partial charge in [-0.25, -0.2) is 4.79 Å². The Balaban J connectivity index is 1.60. The molecule has 0 aliphatic rings. The molecule has 6 nitrogen and oxygen atoms in total. The zero-order valence-corrected chi connectivity index (χ0v) is 16.9. The van der Waals surface area contributed by atoms with Gasteiger partial charge < -0.3 is 20.1 Å². The van der Waals surface area contributed by atoms with E-state index >= 15 is 0 Å². The van der Waals surface area contributed by atoms with Crippen molar-refractivity contribution in [1.82, 2.24) is 4.90 Å². The highest BCUT2D eigenvalue weighted by Gasteiger charge is 2.16. The van der Waals surface area contributed by atoms with Crippen LogP contribution in [0.1, 0.15) is 15.9 Å². The average Bonchev–Trinajstić information content (AvgIpc) is 2.71. The maximum atomic E-state index is 12.3. The molecule has 3 aromatic carbocycles. The van der Waals surface area contributed by atoms with Crippen molar-refractivity contribution in [2.75, 3.05) is 26.5 Å². The Bertz CT molecular complexity index is 1070. The fourth-order valence-corrected chi connectivity index (χ4v) is 3.08. The van der Waals surface area contributed by atoms with Crippen LogP contribution in [-0.4, -0.2) is 37.5 Å². The fourth-order valence-electron chi connectivity index (χ4n) is 2.90. The van der Waals surface area contributed by atoms with Crippen molar-refractivity contribution in [3.63, 3.8) is 0 Å². The van der Waals surface area contributed by atoms with Crippen molar-refractivity contribution in [3.05, 3.63) is 70.7 Å². The highest BCUT2D eigenvalue weighted by molar-refractivity contribution is 6.31.